The van der Waals surface area contributed by atoms with Gasteiger partial charge in [-0.1, -0.05) is 44.7 Å². The van der Waals surface area contributed by atoms with Gasteiger partial charge >= 0.3 is 0 Å². The first-order chi connectivity index (χ1) is 10.2. The molecule has 0 amide bonds. The van der Waals surface area contributed by atoms with Gasteiger partial charge in [-0.05, 0) is 44.6 Å². The minimum Gasteiger partial charge on any atom is -0.311 e. The zero-order valence-corrected chi connectivity index (χ0v) is 14.5. The van der Waals surface area contributed by atoms with Crippen LogP contribution in [0, 0.1) is 11.8 Å². The molecule has 1 saturated carbocycles. The lowest BCUT2D eigenvalue weighted by Crippen LogP contribution is -2.22. The van der Waals surface area contributed by atoms with E-state index in [0.29, 0.717) is 0 Å². The van der Waals surface area contributed by atoms with Gasteiger partial charge in [-0.25, -0.2) is 0 Å². The highest BCUT2D eigenvalue weighted by Gasteiger charge is 2.18. The topological polar surface area (TPSA) is 29.9 Å². The van der Waals surface area contributed by atoms with E-state index in [1.54, 1.807) is 0 Å². The van der Waals surface area contributed by atoms with Crippen LogP contribution in [-0.4, -0.2) is 16.3 Å². The molecule has 120 valence electrons. The minimum absolute atomic E-state index is 0.835. The highest BCUT2D eigenvalue weighted by molar-refractivity contribution is 6.31. The molecule has 2 rings (SSSR count). The largest absolute Gasteiger partial charge is 0.311 e. The Morgan fingerprint density at radius 2 is 2.14 bits per heavy atom. The number of rotatable bonds is 7. The zero-order valence-electron chi connectivity index (χ0n) is 13.8. The first kappa shape index (κ1) is 16.8. The summed E-state index contributed by atoms with van der Waals surface area (Å²) >= 11 is 6.43. The van der Waals surface area contributed by atoms with Crippen LogP contribution < -0.4 is 5.32 Å². The Hall–Kier alpha value is -0.540. The smallest absolute Gasteiger partial charge is 0.0863 e. The lowest BCUT2D eigenvalue weighted by atomic mass is 9.81. The van der Waals surface area contributed by atoms with Crippen molar-refractivity contribution in [1.29, 1.82) is 0 Å². The summed E-state index contributed by atoms with van der Waals surface area (Å²) in [6.07, 6.45) is 7.87. The molecule has 2 unspecified atom stereocenters. The lowest BCUT2D eigenvalue weighted by Gasteiger charge is -2.26. The van der Waals surface area contributed by atoms with E-state index in [4.69, 9.17) is 11.6 Å². The fourth-order valence-electron chi connectivity index (χ4n) is 3.52. The van der Waals surface area contributed by atoms with E-state index in [0.717, 1.165) is 54.3 Å². The summed E-state index contributed by atoms with van der Waals surface area (Å²) in [5.74, 6) is 1.84. The maximum absolute atomic E-state index is 6.43. The fraction of sp³-hybridized carbons (Fsp3) is 0.824. The van der Waals surface area contributed by atoms with Crippen molar-refractivity contribution in [3.63, 3.8) is 0 Å². The molecule has 0 spiro atoms. The highest BCUT2D eigenvalue weighted by atomic mass is 35.5. The lowest BCUT2D eigenvalue weighted by molar-refractivity contribution is 0.267. The van der Waals surface area contributed by atoms with Gasteiger partial charge in [0.05, 0.1) is 16.4 Å². The Morgan fingerprint density at radius 1 is 1.33 bits per heavy atom. The monoisotopic (exact) mass is 311 g/mol. The van der Waals surface area contributed by atoms with Gasteiger partial charge in [0.1, 0.15) is 0 Å². The maximum atomic E-state index is 6.43. The molecule has 1 fully saturated rings. The Balaban J connectivity index is 1.79. The predicted octanol–water partition coefficient (Wildman–Crippen LogP) is 4.42. The number of aromatic nitrogens is 2. The molecule has 21 heavy (non-hydrogen) atoms. The van der Waals surface area contributed by atoms with Crippen LogP contribution in [0.15, 0.2) is 0 Å². The second-order valence-electron chi connectivity index (χ2n) is 6.48. The van der Waals surface area contributed by atoms with Gasteiger partial charge in [-0.15, -0.1) is 0 Å². The third-order valence-electron chi connectivity index (χ3n) is 4.76. The van der Waals surface area contributed by atoms with Gasteiger partial charge in [-0.3, -0.25) is 4.68 Å². The van der Waals surface area contributed by atoms with Crippen molar-refractivity contribution in [3.05, 3.63) is 16.4 Å². The van der Waals surface area contributed by atoms with Crippen LogP contribution in [0.3, 0.4) is 0 Å². The summed E-state index contributed by atoms with van der Waals surface area (Å²) in [6, 6.07) is 0. The second kappa shape index (κ2) is 8.19. The molecule has 1 aromatic rings. The fourth-order valence-corrected chi connectivity index (χ4v) is 3.86. The molecule has 3 nitrogen and oxygen atoms in total. The van der Waals surface area contributed by atoms with Crippen LogP contribution in [0.2, 0.25) is 5.02 Å². The second-order valence-corrected chi connectivity index (χ2v) is 6.86. The van der Waals surface area contributed by atoms with Gasteiger partial charge < -0.3 is 5.32 Å². The van der Waals surface area contributed by atoms with Crippen LogP contribution in [0.25, 0.3) is 0 Å². The number of nitrogens with one attached hydrogen (secondary N) is 1. The van der Waals surface area contributed by atoms with E-state index >= 15 is 0 Å². The van der Waals surface area contributed by atoms with Gasteiger partial charge in [0.15, 0.2) is 0 Å². The van der Waals surface area contributed by atoms with Gasteiger partial charge in [0.2, 0.25) is 0 Å². The Bertz CT molecular complexity index is 441. The summed E-state index contributed by atoms with van der Waals surface area (Å²) in [4.78, 5) is 0. The molecule has 0 aromatic carbocycles. The SMILES string of the molecule is CCc1nn(CC)c(CNCCC2CCCC(C)C2)c1Cl. The first-order valence-electron chi connectivity index (χ1n) is 8.60. The molecule has 0 aliphatic heterocycles. The van der Waals surface area contributed by atoms with Crippen LogP contribution in [-0.2, 0) is 19.5 Å². The Kier molecular flexibility index (Phi) is 6.56. The molecule has 0 saturated heterocycles. The minimum atomic E-state index is 0.835. The molecule has 4 heteroatoms. The molecule has 1 aliphatic rings. The first-order valence-corrected chi connectivity index (χ1v) is 8.98. The van der Waals surface area contributed by atoms with Crippen LogP contribution in [0.1, 0.15) is 64.3 Å². The van der Waals surface area contributed by atoms with E-state index in [1.807, 2.05) is 4.68 Å². The molecule has 1 aliphatic carbocycles. The van der Waals surface area contributed by atoms with Crippen molar-refractivity contribution in [2.75, 3.05) is 6.54 Å². The van der Waals surface area contributed by atoms with Crippen LogP contribution in [0.5, 0.6) is 0 Å². The van der Waals surface area contributed by atoms with E-state index in [1.165, 1.54) is 32.1 Å². The highest BCUT2D eigenvalue weighted by Crippen LogP contribution is 2.30. The Morgan fingerprint density at radius 3 is 2.81 bits per heavy atom. The quantitative estimate of drug-likeness (QED) is 0.755. The predicted molar refractivity (Wildman–Crippen MR) is 89.7 cm³/mol. The molecule has 1 heterocycles. The number of hydrogen-bond acceptors (Lipinski definition) is 2. The van der Waals surface area contributed by atoms with Crippen molar-refractivity contribution < 1.29 is 0 Å². The average molecular weight is 312 g/mol. The molecular weight excluding hydrogens is 282 g/mol. The van der Waals surface area contributed by atoms with Crippen molar-refractivity contribution in [1.82, 2.24) is 15.1 Å². The molecule has 2 atom stereocenters. The normalized spacial score (nSPS) is 22.7. The number of halogens is 1. The van der Waals surface area contributed by atoms with E-state index in [-0.39, 0.29) is 0 Å². The molecule has 1 aromatic heterocycles. The number of hydrogen-bond donors (Lipinski definition) is 1. The van der Waals surface area contributed by atoms with Crippen molar-refractivity contribution in [2.24, 2.45) is 11.8 Å². The van der Waals surface area contributed by atoms with Crippen molar-refractivity contribution in [2.45, 2.75) is 72.4 Å². The summed E-state index contributed by atoms with van der Waals surface area (Å²) in [5.41, 5.74) is 2.17. The molecule has 0 bridgehead atoms. The molecule has 1 N–H and O–H groups in total. The summed E-state index contributed by atoms with van der Waals surface area (Å²) in [5, 5.41) is 9.00. The number of aryl methyl sites for hydroxylation is 2. The van der Waals surface area contributed by atoms with Gasteiger partial charge in [0.25, 0.3) is 0 Å². The standard InChI is InChI=1S/C17H30ClN3/c1-4-15-17(18)16(21(5-2)20-15)12-19-10-9-14-8-6-7-13(3)11-14/h13-14,19H,4-12H2,1-3H3. The summed E-state index contributed by atoms with van der Waals surface area (Å²) < 4.78 is 2.04. The molecule has 0 radical (unpaired) electrons. The van der Waals surface area contributed by atoms with Crippen LogP contribution in [0.4, 0.5) is 0 Å². The maximum Gasteiger partial charge on any atom is 0.0863 e. The van der Waals surface area contributed by atoms with Crippen LogP contribution >= 0.6 is 11.6 Å². The third-order valence-corrected chi connectivity index (χ3v) is 5.20. The Labute approximate surface area is 134 Å². The van der Waals surface area contributed by atoms with Gasteiger partial charge in [-0.2, -0.15) is 5.10 Å². The summed E-state index contributed by atoms with van der Waals surface area (Å²) in [7, 11) is 0. The number of nitrogens with zero attached hydrogens (tertiary/aromatic N) is 2. The van der Waals surface area contributed by atoms with E-state index in [9.17, 15) is 0 Å². The zero-order chi connectivity index (χ0) is 15.2. The van der Waals surface area contributed by atoms with Crippen molar-refractivity contribution >= 4 is 11.6 Å². The van der Waals surface area contributed by atoms with E-state index < -0.39 is 0 Å². The molecular formula is C17H30ClN3. The summed E-state index contributed by atoms with van der Waals surface area (Å²) in [6.45, 7) is 9.43. The average Bonchev–Trinajstić information content (AvgIpc) is 2.79. The van der Waals surface area contributed by atoms with E-state index in [2.05, 4.69) is 31.2 Å². The third kappa shape index (κ3) is 4.46. The van der Waals surface area contributed by atoms with Crippen molar-refractivity contribution in [3.8, 4) is 0 Å². The van der Waals surface area contributed by atoms with Gasteiger partial charge in [0, 0.05) is 13.1 Å².